The maximum Gasteiger partial charge on any atom is 0.235 e. The summed E-state index contributed by atoms with van der Waals surface area (Å²) in [7, 11) is 1.84. The molecule has 2 N–H and O–H groups in total. The van der Waals surface area contributed by atoms with Crippen LogP contribution in [0.25, 0.3) is 0 Å². The van der Waals surface area contributed by atoms with E-state index in [0.29, 0.717) is 6.04 Å². The van der Waals surface area contributed by atoms with Gasteiger partial charge in [0.05, 0.1) is 10.4 Å². The van der Waals surface area contributed by atoms with Gasteiger partial charge in [0.25, 0.3) is 0 Å². The maximum atomic E-state index is 12.0. The Morgan fingerprint density at radius 2 is 2.00 bits per heavy atom. The van der Waals surface area contributed by atoms with Gasteiger partial charge in [-0.05, 0) is 33.1 Å². The first-order valence-electron chi connectivity index (χ1n) is 4.94. The Bertz CT molecular complexity index is 259. The molecule has 4 heteroatoms. The Labute approximate surface area is 90.6 Å². The van der Waals surface area contributed by atoms with Crippen molar-refractivity contribution < 1.29 is 4.79 Å². The lowest BCUT2D eigenvalue weighted by molar-refractivity contribution is -0.139. The Morgan fingerprint density at radius 3 is 2.29 bits per heavy atom. The van der Waals surface area contributed by atoms with Gasteiger partial charge in [0, 0.05) is 13.1 Å². The fraction of sp³-hybridized carbons (Fsp3) is 0.800. The number of carbonyl (C=O) groups excluding carboxylic acids is 1. The van der Waals surface area contributed by atoms with Crippen molar-refractivity contribution >= 4 is 23.1 Å². The van der Waals surface area contributed by atoms with E-state index >= 15 is 0 Å². The van der Waals surface area contributed by atoms with Crippen LogP contribution in [0.4, 0.5) is 0 Å². The predicted molar refractivity (Wildman–Crippen MR) is 61.0 cm³/mol. The molecular formula is C10H18N2OS. The molecule has 0 aliphatic heterocycles. The number of thiocarbonyl (C=S) groups is 1. The van der Waals surface area contributed by atoms with Crippen LogP contribution in [0.5, 0.6) is 0 Å². The number of carbonyl (C=O) groups is 1. The summed E-state index contributed by atoms with van der Waals surface area (Å²) in [4.78, 5) is 14.1. The van der Waals surface area contributed by atoms with Gasteiger partial charge < -0.3 is 10.6 Å². The van der Waals surface area contributed by atoms with E-state index in [1.165, 1.54) is 6.42 Å². The van der Waals surface area contributed by atoms with Gasteiger partial charge in [0.1, 0.15) is 0 Å². The van der Waals surface area contributed by atoms with Crippen molar-refractivity contribution in [3.05, 3.63) is 0 Å². The molecule has 80 valence electrons. The van der Waals surface area contributed by atoms with Crippen LogP contribution >= 0.6 is 12.2 Å². The van der Waals surface area contributed by atoms with Crippen LogP contribution in [0, 0.1) is 5.41 Å². The van der Waals surface area contributed by atoms with E-state index in [2.05, 4.69) is 0 Å². The topological polar surface area (TPSA) is 46.3 Å². The molecule has 0 aromatic carbocycles. The third-order valence-corrected chi connectivity index (χ3v) is 3.60. The maximum absolute atomic E-state index is 12.0. The molecule has 3 nitrogen and oxygen atoms in total. The fourth-order valence-electron chi connectivity index (χ4n) is 1.49. The monoisotopic (exact) mass is 214 g/mol. The molecule has 1 fully saturated rings. The summed E-state index contributed by atoms with van der Waals surface area (Å²) in [5, 5.41) is 0. The standard InChI is InChI=1S/C10H18N2OS/c1-10(2,8(11)14)9(13)12(3)7-5-4-6-7/h7H,4-6H2,1-3H3,(H2,11,14). The Balaban J connectivity index is 2.67. The zero-order valence-electron chi connectivity index (χ0n) is 9.04. The highest BCUT2D eigenvalue weighted by molar-refractivity contribution is 7.80. The van der Waals surface area contributed by atoms with Crippen molar-refractivity contribution in [2.24, 2.45) is 11.1 Å². The molecule has 1 aliphatic carbocycles. The van der Waals surface area contributed by atoms with Gasteiger partial charge in [0.15, 0.2) is 0 Å². The van der Waals surface area contributed by atoms with Crippen LogP contribution in [0.2, 0.25) is 0 Å². The van der Waals surface area contributed by atoms with E-state index in [1.54, 1.807) is 18.7 Å². The number of hydrogen-bond donors (Lipinski definition) is 1. The molecule has 14 heavy (non-hydrogen) atoms. The van der Waals surface area contributed by atoms with Gasteiger partial charge in [0.2, 0.25) is 5.91 Å². The fourth-order valence-corrected chi connectivity index (χ4v) is 1.57. The number of rotatable bonds is 3. The summed E-state index contributed by atoms with van der Waals surface area (Å²) >= 11 is 4.90. The highest BCUT2D eigenvalue weighted by Gasteiger charge is 2.37. The molecule has 1 saturated carbocycles. The average molecular weight is 214 g/mol. The van der Waals surface area contributed by atoms with Gasteiger partial charge in [-0.2, -0.15) is 0 Å². The third kappa shape index (κ3) is 1.90. The number of amides is 1. The number of nitrogens with two attached hydrogens (primary N) is 1. The molecule has 0 unspecified atom stereocenters. The van der Waals surface area contributed by atoms with Crippen LogP contribution in [0.1, 0.15) is 33.1 Å². The lowest BCUT2D eigenvalue weighted by Gasteiger charge is -2.38. The molecule has 0 aromatic rings. The Kier molecular flexibility index (Phi) is 3.14. The van der Waals surface area contributed by atoms with Crippen molar-refractivity contribution in [1.29, 1.82) is 0 Å². The molecule has 0 heterocycles. The van der Waals surface area contributed by atoms with Gasteiger partial charge in [-0.3, -0.25) is 4.79 Å². The number of hydrogen-bond acceptors (Lipinski definition) is 2. The normalized spacial score (nSPS) is 17.4. The second-order valence-corrected chi connectivity index (χ2v) is 4.93. The zero-order valence-corrected chi connectivity index (χ0v) is 9.86. The molecule has 0 aromatic heterocycles. The van der Waals surface area contributed by atoms with E-state index in [9.17, 15) is 4.79 Å². The van der Waals surface area contributed by atoms with Crippen LogP contribution in [-0.4, -0.2) is 28.9 Å². The molecular weight excluding hydrogens is 196 g/mol. The van der Waals surface area contributed by atoms with E-state index in [1.807, 2.05) is 7.05 Å². The Morgan fingerprint density at radius 1 is 1.50 bits per heavy atom. The highest BCUT2D eigenvalue weighted by Crippen LogP contribution is 2.28. The molecule has 0 spiro atoms. The quantitative estimate of drug-likeness (QED) is 0.721. The summed E-state index contributed by atoms with van der Waals surface area (Å²) in [6, 6.07) is 0.399. The molecule has 1 amide bonds. The molecule has 0 atom stereocenters. The molecule has 1 rings (SSSR count). The Hall–Kier alpha value is -0.640. The summed E-state index contributed by atoms with van der Waals surface area (Å²) < 4.78 is 0. The van der Waals surface area contributed by atoms with Crippen molar-refractivity contribution in [3.63, 3.8) is 0 Å². The average Bonchev–Trinajstić information content (AvgIpc) is 1.99. The van der Waals surface area contributed by atoms with Crippen LogP contribution in [-0.2, 0) is 4.79 Å². The summed E-state index contributed by atoms with van der Waals surface area (Å²) in [6.45, 7) is 3.57. The van der Waals surface area contributed by atoms with E-state index in [-0.39, 0.29) is 10.9 Å². The van der Waals surface area contributed by atoms with Gasteiger partial charge in [-0.15, -0.1) is 0 Å². The second kappa shape index (κ2) is 3.85. The summed E-state index contributed by atoms with van der Waals surface area (Å²) in [5.74, 6) is 0.0368. The third-order valence-electron chi connectivity index (χ3n) is 3.09. The lowest BCUT2D eigenvalue weighted by atomic mass is 9.87. The van der Waals surface area contributed by atoms with Crippen LogP contribution < -0.4 is 5.73 Å². The first kappa shape index (κ1) is 11.4. The lowest BCUT2D eigenvalue weighted by Crippen LogP contribution is -2.51. The van der Waals surface area contributed by atoms with Crippen LogP contribution in [0.15, 0.2) is 0 Å². The smallest absolute Gasteiger partial charge is 0.235 e. The van der Waals surface area contributed by atoms with Crippen molar-refractivity contribution in [2.75, 3.05) is 7.05 Å². The van der Waals surface area contributed by atoms with E-state index in [0.717, 1.165) is 12.8 Å². The summed E-state index contributed by atoms with van der Waals surface area (Å²) in [6.07, 6.45) is 3.43. The minimum Gasteiger partial charge on any atom is -0.392 e. The van der Waals surface area contributed by atoms with Crippen LogP contribution in [0.3, 0.4) is 0 Å². The molecule has 0 saturated heterocycles. The molecule has 0 bridgehead atoms. The van der Waals surface area contributed by atoms with Crippen molar-refractivity contribution in [1.82, 2.24) is 4.90 Å². The second-order valence-electron chi connectivity index (χ2n) is 4.49. The van der Waals surface area contributed by atoms with E-state index < -0.39 is 5.41 Å². The first-order valence-corrected chi connectivity index (χ1v) is 5.35. The van der Waals surface area contributed by atoms with Gasteiger partial charge in [-0.25, -0.2) is 0 Å². The molecule has 1 aliphatic rings. The van der Waals surface area contributed by atoms with E-state index in [4.69, 9.17) is 18.0 Å². The van der Waals surface area contributed by atoms with Crippen molar-refractivity contribution in [2.45, 2.75) is 39.2 Å². The summed E-state index contributed by atoms with van der Waals surface area (Å²) in [5.41, 5.74) is 4.84. The zero-order chi connectivity index (χ0) is 10.9. The van der Waals surface area contributed by atoms with Crippen molar-refractivity contribution in [3.8, 4) is 0 Å². The highest BCUT2D eigenvalue weighted by atomic mass is 32.1. The number of nitrogens with zero attached hydrogens (tertiary/aromatic N) is 1. The van der Waals surface area contributed by atoms with Gasteiger partial charge >= 0.3 is 0 Å². The minimum absolute atomic E-state index is 0.0368. The largest absolute Gasteiger partial charge is 0.392 e. The molecule has 0 radical (unpaired) electrons. The predicted octanol–water partition coefficient (Wildman–Crippen LogP) is 1.31. The SMILES string of the molecule is CN(C(=O)C(C)(C)C(N)=S)C1CCC1. The first-order chi connectivity index (χ1) is 6.37. The van der Waals surface area contributed by atoms with Gasteiger partial charge in [-0.1, -0.05) is 12.2 Å². The minimum atomic E-state index is -0.709.